The van der Waals surface area contributed by atoms with Crippen molar-refractivity contribution in [2.24, 2.45) is 0 Å². The molecule has 0 radical (unpaired) electrons. The van der Waals surface area contributed by atoms with Gasteiger partial charge in [0.1, 0.15) is 18.0 Å². The molecule has 0 aliphatic rings. The summed E-state index contributed by atoms with van der Waals surface area (Å²) in [6.45, 7) is 3.21. The molecule has 1 unspecified atom stereocenters. The second kappa shape index (κ2) is 8.15. The van der Waals surface area contributed by atoms with Gasteiger partial charge in [0.25, 0.3) is 0 Å². The lowest BCUT2D eigenvalue weighted by Crippen LogP contribution is -2.30. The van der Waals surface area contributed by atoms with E-state index in [1.54, 1.807) is 0 Å². The van der Waals surface area contributed by atoms with E-state index in [0.29, 0.717) is 13.2 Å². The number of halogens is 2. The molecule has 0 heterocycles. The summed E-state index contributed by atoms with van der Waals surface area (Å²) in [6, 6.07) is 18.0. The zero-order valence-electron chi connectivity index (χ0n) is 11.9. The van der Waals surface area contributed by atoms with Gasteiger partial charge in [-0.05, 0) is 30.7 Å². The van der Waals surface area contributed by atoms with Crippen LogP contribution in [0.5, 0.6) is 5.75 Å². The summed E-state index contributed by atoms with van der Waals surface area (Å²) in [4.78, 5) is 0. The van der Waals surface area contributed by atoms with Gasteiger partial charge >= 0.3 is 0 Å². The fraction of sp³-hybridized carbons (Fsp3) is 0.294. The Balaban J connectivity index is 1.92. The molecule has 2 nitrogen and oxygen atoms in total. The smallest absolute Gasteiger partial charge is 0.119 e. The molecule has 1 atom stereocenters. The van der Waals surface area contributed by atoms with Gasteiger partial charge in [-0.15, -0.1) is 0 Å². The fourth-order valence-corrected chi connectivity index (χ4v) is 3.36. The number of benzene rings is 2. The van der Waals surface area contributed by atoms with Gasteiger partial charge in [-0.3, -0.25) is 0 Å². The highest BCUT2D eigenvalue weighted by Gasteiger charge is 2.28. The quantitative estimate of drug-likeness (QED) is 0.321. The molecular formula is C17H18BrIO2. The van der Waals surface area contributed by atoms with Crippen molar-refractivity contribution in [1.82, 2.24) is 0 Å². The Morgan fingerprint density at radius 3 is 2.33 bits per heavy atom. The average molecular weight is 461 g/mol. The number of para-hydroxylation sites is 1. The Hall–Kier alpha value is -0.590. The maximum Gasteiger partial charge on any atom is 0.119 e. The average Bonchev–Trinajstić information content (AvgIpc) is 2.53. The molecule has 0 spiro atoms. The molecular weight excluding hydrogens is 443 g/mol. The predicted octanol–water partition coefficient (Wildman–Crippen LogP) is 5.19. The summed E-state index contributed by atoms with van der Waals surface area (Å²) in [5.41, 5.74) is 0.847. The first-order valence-electron chi connectivity index (χ1n) is 6.78. The molecule has 0 N–H and O–H groups in total. The highest BCUT2D eigenvalue weighted by Crippen LogP contribution is 2.33. The highest BCUT2D eigenvalue weighted by atomic mass is 127. The van der Waals surface area contributed by atoms with E-state index < -0.39 is 0 Å². The van der Waals surface area contributed by atoms with Gasteiger partial charge in [-0.1, -0.05) is 74.9 Å². The molecule has 0 fully saturated rings. The van der Waals surface area contributed by atoms with Crippen LogP contribution in [-0.2, 0) is 10.3 Å². The minimum atomic E-state index is -0.319. The number of hydrogen-bond donors (Lipinski definition) is 0. The molecule has 0 saturated heterocycles. The van der Waals surface area contributed by atoms with Crippen LogP contribution in [0.1, 0.15) is 12.5 Å². The second-order valence-electron chi connectivity index (χ2n) is 4.85. The zero-order chi connectivity index (χ0) is 15.1. The Morgan fingerprint density at radius 2 is 1.67 bits per heavy atom. The first kappa shape index (κ1) is 16.8. The van der Waals surface area contributed by atoms with E-state index in [0.717, 1.165) is 14.6 Å². The van der Waals surface area contributed by atoms with Gasteiger partial charge in [0, 0.05) is 8.90 Å². The normalized spacial score (nSPS) is 13.7. The summed E-state index contributed by atoms with van der Waals surface area (Å²) in [7, 11) is 0. The maximum absolute atomic E-state index is 6.10. The predicted molar refractivity (Wildman–Crippen MR) is 98.3 cm³/mol. The van der Waals surface area contributed by atoms with E-state index in [9.17, 15) is 0 Å². The third-order valence-corrected chi connectivity index (χ3v) is 5.36. The van der Waals surface area contributed by atoms with E-state index in [2.05, 4.69) is 51.5 Å². The highest BCUT2D eigenvalue weighted by molar-refractivity contribution is 14.1. The molecule has 0 bridgehead atoms. The number of alkyl halides is 1. The lowest BCUT2D eigenvalue weighted by atomic mass is 9.98. The van der Waals surface area contributed by atoms with Gasteiger partial charge in [-0.25, -0.2) is 0 Å². The SMILES string of the molecule is CC(CI)(OCCOc1ccccc1)c1ccccc1Br. The Labute approximate surface area is 148 Å². The Morgan fingerprint density at radius 1 is 1.00 bits per heavy atom. The van der Waals surface area contributed by atoms with Crippen LogP contribution in [0.2, 0.25) is 0 Å². The third-order valence-electron chi connectivity index (χ3n) is 3.21. The fourth-order valence-electron chi connectivity index (χ4n) is 2.02. The van der Waals surface area contributed by atoms with Crippen molar-refractivity contribution in [3.63, 3.8) is 0 Å². The first-order valence-corrected chi connectivity index (χ1v) is 9.10. The van der Waals surface area contributed by atoms with Crippen molar-refractivity contribution in [3.05, 3.63) is 64.6 Å². The number of rotatable bonds is 7. The molecule has 0 aromatic heterocycles. The first-order chi connectivity index (χ1) is 10.2. The maximum atomic E-state index is 6.10. The molecule has 2 aromatic rings. The monoisotopic (exact) mass is 460 g/mol. The van der Waals surface area contributed by atoms with E-state index in [1.807, 2.05) is 48.5 Å². The van der Waals surface area contributed by atoms with Gasteiger partial charge in [-0.2, -0.15) is 0 Å². The molecule has 0 aliphatic carbocycles. The standard InChI is InChI=1S/C17H18BrIO2/c1-17(13-19,15-9-5-6-10-16(15)18)21-12-11-20-14-7-3-2-4-8-14/h2-10H,11-13H2,1H3. The van der Waals surface area contributed by atoms with Crippen molar-refractivity contribution >= 4 is 38.5 Å². The third kappa shape index (κ3) is 4.69. The molecule has 2 rings (SSSR count). The molecule has 0 aliphatic heterocycles. The van der Waals surface area contributed by atoms with Crippen molar-refractivity contribution in [3.8, 4) is 5.75 Å². The van der Waals surface area contributed by atoms with Crippen LogP contribution in [0.3, 0.4) is 0 Å². The topological polar surface area (TPSA) is 18.5 Å². The summed E-state index contributed by atoms with van der Waals surface area (Å²) < 4.78 is 13.7. The molecule has 4 heteroatoms. The van der Waals surface area contributed by atoms with Gasteiger partial charge in [0.2, 0.25) is 0 Å². The Kier molecular flexibility index (Phi) is 6.51. The van der Waals surface area contributed by atoms with Crippen LogP contribution >= 0.6 is 38.5 Å². The van der Waals surface area contributed by atoms with Crippen LogP contribution in [0, 0.1) is 0 Å². The van der Waals surface area contributed by atoms with Crippen LogP contribution in [0.25, 0.3) is 0 Å². The van der Waals surface area contributed by atoms with E-state index in [1.165, 1.54) is 5.56 Å². The van der Waals surface area contributed by atoms with E-state index in [4.69, 9.17) is 9.47 Å². The van der Waals surface area contributed by atoms with Crippen molar-refractivity contribution in [2.75, 3.05) is 17.6 Å². The lowest BCUT2D eigenvalue weighted by Gasteiger charge is -2.29. The summed E-state index contributed by atoms with van der Waals surface area (Å²) >= 11 is 5.97. The summed E-state index contributed by atoms with van der Waals surface area (Å²) in [6.07, 6.45) is 0. The molecule has 0 saturated carbocycles. The van der Waals surface area contributed by atoms with Gasteiger partial charge in [0.15, 0.2) is 0 Å². The Bertz CT molecular complexity index is 562. The van der Waals surface area contributed by atoms with Gasteiger partial charge < -0.3 is 9.47 Å². The zero-order valence-corrected chi connectivity index (χ0v) is 15.6. The van der Waals surface area contributed by atoms with Crippen LogP contribution in [0.4, 0.5) is 0 Å². The minimum absolute atomic E-state index is 0.319. The molecule has 2 aromatic carbocycles. The van der Waals surface area contributed by atoms with Crippen molar-refractivity contribution < 1.29 is 9.47 Å². The molecule has 112 valence electrons. The number of hydrogen-bond acceptors (Lipinski definition) is 2. The van der Waals surface area contributed by atoms with Crippen LogP contribution in [0.15, 0.2) is 59.1 Å². The molecule has 21 heavy (non-hydrogen) atoms. The minimum Gasteiger partial charge on any atom is -0.491 e. The van der Waals surface area contributed by atoms with Crippen molar-refractivity contribution in [1.29, 1.82) is 0 Å². The summed E-state index contributed by atoms with van der Waals surface area (Å²) in [5.74, 6) is 0.873. The largest absolute Gasteiger partial charge is 0.491 e. The van der Waals surface area contributed by atoms with Crippen LogP contribution in [-0.4, -0.2) is 17.6 Å². The van der Waals surface area contributed by atoms with Crippen molar-refractivity contribution in [2.45, 2.75) is 12.5 Å². The van der Waals surface area contributed by atoms with Crippen LogP contribution < -0.4 is 4.74 Å². The lowest BCUT2D eigenvalue weighted by molar-refractivity contribution is -0.0284. The van der Waals surface area contributed by atoms with E-state index in [-0.39, 0.29) is 5.60 Å². The summed E-state index contributed by atoms with van der Waals surface area (Å²) in [5, 5.41) is 0. The molecule has 0 amide bonds. The number of ether oxygens (including phenoxy) is 2. The second-order valence-corrected chi connectivity index (χ2v) is 6.47. The van der Waals surface area contributed by atoms with E-state index >= 15 is 0 Å². The van der Waals surface area contributed by atoms with Gasteiger partial charge in [0.05, 0.1) is 6.61 Å².